The number of nitrogens with zero attached hydrogens (tertiary/aromatic N) is 2. The number of para-hydroxylation sites is 1. The van der Waals surface area contributed by atoms with E-state index in [9.17, 15) is 14.4 Å². The van der Waals surface area contributed by atoms with Gasteiger partial charge in [0, 0.05) is 12.1 Å². The van der Waals surface area contributed by atoms with Crippen LogP contribution >= 0.6 is 17.0 Å². The maximum Gasteiger partial charge on any atom is 0.408 e. The third-order valence-electron chi connectivity index (χ3n) is 4.66. The predicted molar refractivity (Wildman–Crippen MR) is 138 cm³/mol. The zero-order valence-electron chi connectivity index (χ0n) is 19.2. The molecule has 0 aromatic heterocycles. The number of hydrogen-bond donors (Lipinski definition) is 5. The van der Waals surface area contributed by atoms with Gasteiger partial charge >= 0.3 is 12.1 Å². The average molecular weight is 563 g/mol. The summed E-state index contributed by atoms with van der Waals surface area (Å²) in [6.45, 7) is 1.56. The number of benzene rings is 2. The zero-order valence-corrected chi connectivity index (χ0v) is 20.9. The summed E-state index contributed by atoms with van der Waals surface area (Å²) in [5.41, 5.74) is 9.71. The number of amides is 1. The standard InChI is InChI=1S/C23H26N6O6.BrH/c24-19(13-20(30)31)28-23(33)35-14-15-5-7-16(8-6-15)21(32)17-3-1-2-4-18(17)34-12-11-27-29-22-25-9-10-26-22;/h1-8,11,19H,9-10,12-14,24H2,(H,28,33)(H,30,31)(H2,25,26,29);1H/t19-;/m0./s1. The van der Waals surface area contributed by atoms with Crippen molar-refractivity contribution in [3.05, 3.63) is 65.2 Å². The highest BCUT2D eigenvalue weighted by Crippen LogP contribution is 2.22. The Morgan fingerprint density at radius 1 is 1.19 bits per heavy atom. The van der Waals surface area contributed by atoms with Gasteiger partial charge in [-0.1, -0.05) is 36.4 Å². The van der Waals surface area contributed by atoms with Crippen molar-refractivity contribution in [3.8, 4) is 5.75 Å². The van der Waals surface area contributed by atoms with Crippen LogP contribution in [-0.2, 0) is 16.1 Å². The lowest BCUT2D eigenvalue weighted by molar-refractivity contribution is -0.137. The number of nitrogens with two attached hydrogens (primary N) is 1. The number of carboxylic acids is 1. The smallest absolute Gasteiger partial charge is 0.408 e. The van der Waals surface area contributed by atoms with E-state index in [1.165, 1.54) is 6.21 Å². The number of ether oxygens (including phenoxy) is 2. The maximum absolute atomic E-state index is 13.0. The Morgan fingerprint density at radius 2 is 1.94 bits per heavy atom. The van der Waals surface area contributed by atoms with Gasteiger partial charge in [-0.15, -0.1) is 17.0 Å². The molecule has 2 aromatic carbocycles. The van der Waals surface area contributed by atoms with E-state index in [0.717, 1.165) is 6.54 Å². The molecule has 1 aliphatic heterocycles. The molecule has 0 radical (unpaired) electrons. The number of halogens is 1. The number of carbonyl (C=O) groups excluding carboxylic acids is 2. The van der Waals surface area contributed by atoms with Crippen LogP contribution in [-0.4, -0.2) is 61.0 Å². The lowest BCUT2D eigenvalue weighted by Crippen LogP contribution is -2.43. The Bertz CT molecular complexity index is 1110. The van der Waals surface area contributed by atoms with Crippen molar-refractivity contribution in [2.45, 2.75) is 19.2 Å². The van der Waals surface area contributed by atoms with Crippen molar-refractivity contribution < 1.29 is 29.0 Å². The molecule has 0 spiro atoms. The van der Waals surface area contributed by atoms with Gasteiger partial charge in [0.15, 0.2) is 5.78 Å². The largest absolute Gasteiger partial charge is 0.487 e. The van der Waals surface area contributed by atoms with Crippen LogP contribution in [0.1, 0.15) is 27.9 Å². The van der Waals surface area contributed by atoms with E-state index in [1.54, 1.807) is 48.5 Å². The molecule has 1 heterocycles. The minimum absolute atomic E-state index is 0. The van der Waals surface area contributed by atoms with E-state index < -0.39 is 24.6 Å². The highest BCUT2D eigenvalue weighted by Gasteiger charge is 2.15. The van der Waals surface area contributed by atoms with Crippen LogP contribution in [0, 0.1) is 0 Å². The zero-order chi connectivity index (χ0) is 25.0. The second-order valence-electron chi connectivity index (χ2n) is 7.34. The summed E-state index contributed by atoms with van der Waals surface area (Å²) in [6.07, 6.45) is -0.781. The van der Waals surface area contributed by atoms with Gasteiger partial charge < -0.3 is 30.9 Å². The SMILES string of the molecule is Br.N[C@H](CC(=O)O)NC(=O)OCc1ccc(C(=O)c2ccccc2OCC=NNC2=NCCN2)cc1. The number of guanidine groups is 1. The number of carbonyl (C=O) groups is 3. The third kappa shape index (κ3) is 9.00. The van der Waals surface area contributed by atoms with Crippen molar-refractivity contribution in [1.29, 1.82) is 0 Å². The molecule has 36 heavy (non-hydrogen) atoms. The minimum Gasteiger partial charge on any atom is -0.487 e. The second kappa shape index (κ2) is 14.4. The summed E-state index contributed by atoms with van der Waals surface area (Å²) in [7, 11) is 0. The van der Waals surface area contributed by atoms with Crippen LogP contribution in [0.2, 0.25) is 0 Å². The lowest BCUT2D eigenvalue weighted by Gasteiger charge is -2.12. The van der Waals surface area contributed by atoms with Crippen LogP contribution in [0.3, 0.4) is 0 Å². The summed E-state index contributed by atoms with van der Waals surface area (Å²) < 4.78 is 10.7. The third-order valence-corrected chi connectivity index (χ3v) is 4.66. The molecule has 1 aliphatic rings. The van der Waals surface area contributed by atoms with E-state index in [0.29, 0.717) is 34.9 Å². The molecule has 6 N–H and O–H groups in total. The van der Waals surface area contributed by atoms with Crippen LogP contribution in [0.15, 0.2) is 58.6 Å². The molecular weight excluding hydrogens is 536 g/mol. The van der Waals surface area contributed by atoms with Gasteiger partial charge in [0.1, 0.15) is 19.0 Å². The Kier molecular flexibility index (Phi) is 11.3. The number of hydrazone groups is 1. The highest BCUT2D eigenvalue weighted by atomic mass is 79.9. The van der Waals surface area contributed by atoms with E-state index in [2.05, 4.69) is 26.2 Å². The van der Waals surface area contributed by atoms with Crippen LogP contribution in [0.5, 0.6) is 5.75 Å². The topological polar surface area (TPSA) is 177 Å². The number of aliphatic carboxylic acids is 1. The normalized spacial score (nSPS) is 13.1. The quantitative estimate of drug-likeness (QED) is 0.117. The number of alkyl carbamates (subject to hydrolysis) is 1. The van der Waals surface area contributed by atoms with Crippen LogP contribution < -0.4 is 26.5 Å². The van der Waals surface area contributed by atoms with E-state index >= 15 is 0 Å². The predicted octanol–water partition coefficient (Wildman–Crippen LogP) is 1.39. The number of carboxylic acid groups (broad SMARTS) is 1. The van der Waals surface area contributed by atoms with Crippen LogP contribution in [0.4, 0.5) is 4.79 Å². The molecule has 0 fully saturated rings. The van der Waals surface area contributed by atoms with Gasteiger partial charge in [-0.25, -0.2) is 15.2 Å². The molecule has 0 aliphatic carbocycles. The molecule has 0 bridgehead atoms. The Labute approximate surface area is 217 Å². The second-order valence-corrected chi connectivity index (χ2v) is 7.34. The first kappa shape index (κ1) is 28.3. The molecule has 13 heteroatoms. The monoisotopic (exact) mass is 562 g/mol. The lowest BCUT2D eigenvalue weighted by atomic mass is 10.0. The number of nitrogens with one attached hydrogen (secondary N) is 3. The van der Waals surface area contributed by atoms with Gasteiger partial charge in [0.2, 0.25) is 5.96 Å². The van der Waals surface area contributed by atoms with Crippen molar-refractivity contribution >= 4 is 47.0 Å². The maximum atomic E-state index is 13.0. The first-order chi connectivity index (χ1) is 16.9. The fourth-order valence-electron chi connectivity index (χ4n) is 3.01. The van der Waals surface area contributed by atoms with Gasteiger partial charge in [-0.2, -0.15) is 5.10 Å². The van der Waals surface area contributed by atoms with E-state index in [-0.39, 0.29) is 36.0 Å². The molecule has 3 rings (SSSR count). The number of hydrogen-bond acceptors (Lipinski definition) is 10. The fraction of sp³-hybridized carbons (Fsp3) is 0.261. The molecule has 12 nitrogen and oxygen atoms in total. The molecule has 192 valence electrons. The Hall–Kier alpha value is -3.97. The summed E-state index contributed by atoms with van der Waals surface area (Å²) in [5.74, 6) is -0.345. The van der Waals surface area contributed by atoms with Crippen molar-refractivity contribution in [1.82, 2.24) is 16.1 Å². The fourth-order valence-corrected chi connectivity index (χ4v) is 3.01. The molecule has 1 amide bonds. The summed E-state index contributed by atoms with van der Waals surface area (Å²) in [5, 5.41) is 17.9. The van der Waals surface area contributed by atoms with Crippen molar-refractivity contribution in [2.24, 2.45) is 15.8 Å². The highest BCUT2D eigenvalue weighted by molar-refractivity contribution is 8.93. The van der Waals surface area contributed by atoms with Gasteiger partial charge in [0.05, 0.1) is 30.9 Å². The molecule has 0 saturated carbocycles. The molecule has 1 atom stereocenters. The van der Waals surface area contributed by atoms with Crippen LogP contribution in [0.25, 0.3) is 0 Å². The average Bonchev–Trinajstić information content (AvgIpc) is 3.36. The minimum atomic E-state index is -1.14. The summed E-state index contributed by atoms with van der Waals surface area (Å²) in [4.78, 5) is 39.4. The number of rotatable bonds is 11. The van der Waals surface area contributed by atoms with Gasteiger partial charge in [0.25, 0.3) is 0 Å². The van der Waals surface area contributed by atoms with E-state index in [4.69, 9.17) is 20.3 Å². The first-order valence-corrected chi connectivity index (χ1v) is 10.7. The summed E-state index contributed by atoms with van der Waals surface area (Å²) >= 11 is 0. The Balaban J connectivity index is 0.00000456. The number of ketones is 1. The first-order valence-electron chi connectivity index (χ1n) is 10.7. The van der Waals surface area contributed by atoms with Crippen molar-refractivity contribution in [2.75, 3.05) is 19.7 Å². The summed E-state index contributed by atoms with van der Waals surface area (Å²) in [6, 6.07) is 13.4. The molecular formula is C23H27BrN6O6. The van der Waals surface area contributed by atoms with E-state index in [1.807, 2.05) is 0 Å². The van der Waals surface area contributed by atoms with Gasteiger partial charge in [-0.3, -0.25) is 9.59 Å². The molecule has 0 unspecified atom stereocenters. The molecule has 0 saturated heterocycles. The Morgan fingerprint density at radius 3 is 2.64 bits per heavy atom. The van der Waals surface area contributed by atoms with Crippen molar-refractivity contribution in [3.63, 3.8) is 0 Å². The molecule has 2 aromatic rings. The number of aliphatic imine (C=N–C) groups is 1. The van der Waals surface area contributed by atoms with Gasteiger partial charge in [-0.05, 0) is 17.7 Å².